The molecule has 1 aromatic heterocycles. The summed E-state index contributed by atoms with van der Waals surface area (Å²) in [5.41, 5.74) is 10.8. The summed E-state index contributed by atoms with van der Waals surface area (Å²) in [7, 11) is 0. The lowest BCUT2D eigenvalue weighted by Crippen LogP contribution is -1.91. The van der Waals surface area contributed by atoms with Gasteiger partial charge in [0.05, 0.1) is 5.69 Å². The van der Waals surface area contributed by atoms with Gasteiger partial charge in [-0.15, -0.1) is 0 Å². The molecule has 0 amide bonds. The Balaban J connectivity index is 1.18. The van der Waals surface area contributed by atoms with Crippen LogP contribution in [0.25, 0.3) is 66.1 Å². The van der Waals surface area contributed by atoms with E-state index in [0.29, 0.717) is 0 Å². The van der Waals surface area contributed by atoms with E-state index in [0.717, 1.165) is 44.4 Å². The summed E-state index contributed by atoms with van der Waals surface area (Å²) in [6.45, 7) is 0. The third-order valence-corrected chi connectivity index (χ3v) is 8.06. The fraction of sp³-hybridized carbons (Fsp3) is 0. The van der Waals surface area contributed by atoms with Crippen molar-refractivity contribution in [1.82, 2.24) is 0 Å². The number of nitrogens with one attached hydrogen (secondary N) is 1. The van der Waals surface area contributed by atoms with Gasteiger partial charge >= 0.3 is 0 Å². The fourth-order valence-corrected chi connectivity index (χ4v) is 5.97. The van der Waals surface area contributed by atoms with Crippen LogP contribution >= 0.6 is 0 Å². The monoisotopic (exact) mass is 537 g/mol. The lowest BCUT2D eigenvalue weighted by atomic mass is 9.99. The molecule has 0 radical (unpaired) electrons. The van der Waals surface area contributed by atoms with Gasteiger partial charge in [0.25, 0.3) is 0 Å². The van der Waals surface area contributed by atoms with Crippen molar-refractivity contribution in [2.24, 2.45) is 0 Å². The highest BCUT2D eigenvalue weighted by Gasteiger charge is 2.18. The van der Waals surface area contributed by atoms with Gasteiger partial charge in [-0.05, 0) is 56.8 Å². The Bertz CT molecular complexity index is 2180. The number of rotatable bonds is 5. The van der Waals surface area contributed by atoms with Gasteiger partial charge in [0.15, 0.2) is 5.58 Å². The maximum atomic E-state index is 6.73. The van der Waals surface area contributed by atoms with Gasteiger partial charge < -0.3 is 9.73 Å². The summed E-state index contributed by atoms with van der Waals surface area (Å²) in [5, 5.41) is 8.31. The molecule has 1 N–H and O–H groups in total. The normalized spacial score (nSPS) is 11.3. The lowest BCUT2D eigenvalue weighted by Gasteiger charge is -2.11. The zero-order valence-corrected chi connectivity index (χ0v) is 22.9. The third-order valence-electron chi connectivity index (χ3n) is 8.06. The molecule has 0 bridgehead atoms. The highest BCUT2D eigenvalue weighted by atomic mass is 16.3. The number of fused-ring (bicyclic) bond motifs is 5. The van der Waals surface area contributed by atoms with Crippen LogP contribution in [0, 0.1) is 0 Å². The molecule has 42 heavy (non-hydrogen) atoms. The summed E-state index contributed by atoms with van der Waals surface area (Å²) in [4.78, 5) is 0. The maximum absolute atomic E-state index is 6.73. The molecular weight excluding hydrogens is 510 g/mol. The van der Waals surface area contributed by atoms with E-state index in [2.05, 4.69) is 151 Å². The Morgan fingerprint density at radius 1 is 0.405 bits per heavy atom. The Morgan fingerprint density at radius 2 is 0.952 bits per heavy atom. The van der Waals surface area contributed by atoms with Crippen LogP contribution < -0.4 is 5.32 Å². The van der Waals surface area contributed by atoms with Gasteiger partial charge in [0, 0.05) is 22.0 Å². The van der Waals surface area contributed by atoms with Crippen LogP contribution in [0.4, 0.5) is 11.4 Å². The first kappa shape index (κ1) is 24.2. The highest BCUT2D eigenvalue weighted by Crippen LogP contribution is 2.43. The van der Waals surface area contributed by atoms with E-state index in [1.807, 2.05) is 12.1 Å². The summed E-state index contributed by atoms with van der Waals surface area (Å²) >= 11 is 0. The molecule has 2 nitrogen and oxygen atoms in total. The van der Waals surface area contributed by atoms with Crippen LogP contribution in [0.1, 0.15) is 0 Å². The molecule has 8 aromatic rings. The van der Waals surface area contributed by atoms with Crippen molar-refractivity contribution in [2.75, 3.05) is 5.32 Å². The van der Waals surface area contributed by atoms with Gasteiger partial charge in [0.1, 0.15) is 5.58 Å². The highest BCUT2D eigenvalue weighted by molar-refractivity contribution is 6.23. The number of benzene rings is 7. The minimum absolute atomic E-state index is 0.868. The van der Waals surface area contributed by atoms with Crippen LogP contribution in [0.15, 0.2) is 162 Å². The smallest absolute Gasteiger partial charge is 0.159 e. The van der Waals surface area contributed by atoms with E-state index >= 15 is 0 Å². The van der Waals surface area contributed by atoms with Crippen molar-refractivity contribution in [3.63, 3.8) is 0 Å². The largest absolute Gasteiger partial charge is 0.453 e. The van der Waals surface area contributed by atoms with E-state index in [1.54, 1.807) is 0 Å². The first-order valence-corrected chi connectivity index (χ1v) is 14.3. The zero-order chi connectivity index (χ0) is 27.9. The van der Waals surface area contributed by atoms with Gasteiger partial charge in [0.2, 0.25) is 0 Å². The summed E-state index contributed by atoms with van der Waals surface area (Å²) < 4.78 is 6.73. The summed E-state index contributed by atoms with van der Waals surface area (Å²) in [5.74, 6) is 0. The first-order chi connectivity index (χ1) is 20.8. The standard InChI is InChI=1S/C40H27NO/c1-3-10-27(11-4-1)28-18-20-29(21-19-28)30-22-24-33(25-23-30)41-37-26-32-14-7-8-15-34(32)38-36-17-9-16-35(39(36)42-40(37)38)31-12-5-2-6-13-31/h1-26,41H. The molecule has 7 aromatic carbocycles. The maximum Gasteiger partial charge on any atom is 0.159 e. The molecule has 1 heterocycles. The number of anilines is 2. The quantitative estimate of drug-likeness (QED) is 0.236. The number of para-hydroxylation sites is 1. The molecule has 0 saturated carbocycles. The fourth-order valence-electron chi connectivity index (χ4n) is 5.97. The molecule has 0 aliphatic carbocycles. The molecule has 0 aliphatic heterocycles. The van der Waals surface area contributed by atoms with Gasteiger partial charge in [-0.2, -0.15) is 0 Å². The van der Waals surface area contributed by atoms with Crippen molar-refractivity contribution in [3.05, 3.63) is 158 Å². The van der Waals surface area contributed by atoms with E-state index in [4.69, 9.17) is 4.42 Å². The first-order valence-electron chi connectivity index (χ1n) is 14.3. The Morgan fingerprint density at radius 3 is 1.64 bits per heavy atom. The molecule has 0 spiro atoms. The van der Waals surface area contributed by atoms with Crippen molar-refractivity contribution in [2.45, 2.75) is 0 Å². The molecule has 198 valence electrons. The molecule has 0 fully saturated rings. The average molecular weight is 538 g/mol. The molecule has 0 saturated heterocycles. The van der Waals surface area contributed by atoms with Gasteiger partial charge in [-0.3, -0.25) is 0 Å². The predicted octanol–water partition coefficient (Wildman–Crippen LogP) is 11.5. The second-order valence-electron chi connectivity index (χ2n) is 10.6. The van der Waals surface area contributed by atoms with Crippen molar-refractivity contribution in [3.8, 4) is 33.4 Å². The lowest BCUT2D eigenvalue weighted by molar-refractivity contribution is 0.671. The zero-order valence-electron chi connectivity index (χ0n) is 22.9. The van der Waals surface area contributed by atoms with Gasteiger partial charge in [-0.1, -0.05) is 140 Å². The second kappa shape index (κ2) is 10.1. The van der Waals surface area contributed by atoms with Gasteiger partial charge in [-0.25, -0.2) is 0 Å². The van der Waals surface area contributed by atoms with E-state index < -0.39 is 0 Å². The van der Waals surface area contributed by atoms with Crippen LogP contribution in [0.2, 0.25) is 0 Å². The summed E-state index contributed by atoms with van der Waals surface area (Å²) in [6.07, 6.45) is 0. The van der Waals surface area contributed by atoms with Crippen LogP contribution in [0.5, 0.6) is 0 Å². The van der Waals surface area contributed by atoms with E-state index in [9.17, 15) is 0 Å². The van der Waals surface area contributed by atoms with Crippen LogP contribution in [0.3, 0.4) is 0 Å². The minimum atomic E-state index is 0.868. The Labute approximate surface area is 244 Å². The predicted molar refractivity (Wildman–Crippen MR) is 177 cm³/mol. The number of furan rings is 1. The minimum Gasteiger partial charge on any atom is -0.453 e. The van der Waals surface area contributed by atoms with Crippen LogP contribution in [-0.2, 0) is 0 Å². The molecule has 2 heteroatoms. The summed E-state index contributed by atoms with van der Waals surface area (Å²) in [6, 6.07) is 55.5. The average Bonchev–Trinajstić information content (AvgIpc) is 3.47. The van der Waals surface area contributed by atoms with Crippen molar-refractivity contribution >= 4 is 44.1 Å². The SMILES string of the molecule is c1ccc(-c2ccc(-c3ccc(Nc4cc5ccccc5c5c4oc4c(-c6ccccc6)cccc45)cc3)cc2)cc1. The third kappa shape index (κ3) is 4.22. The molecular formula is C40H27NO. The topological polar surface area (TPSA) is 25.2 Å². The van der Waals surface area contributed by atoms with Crippen LogP contribution in [-0.4, -0.2) is 0 Å². The van der Waals surface area contributed by atoms with Crippen molar-refractivity contribution in [1.29, 1.82) is 0 Å². The molecule has 0 unspecified atom stereocenters. The number of hydrogen-bond acceptors (Lipinski definition) is 2. The Kier molecular flexibility index (Phi) is 5.82. The van der Waals surface area contributed by atoms with E-state index in [-0.39, 0.29) is 0 Å². The van der Waals surface area contributed by atoms with E-state index in [1.165, 1.54) is 33.0 Å². The number of hydrogen-bond donors (Lipinski definition) is 1. The van der Waals surface area contributed by atoms with Crippen molar-refractivity contribution < 1.29 is 4.42 Å². The molecule has 0 atom stereocenters. The molecule has 8 rings (SSSR count). The second-order valence-corrected chi connectivity index (χ2v) is 10.6. The Hall–Kier alpha value is -5.60. The molecule has 0 aliphatic rings.